The van der Waals surface area contributed by atoms with Gasteiger partial charge < -0.3 is 5.11 Å². The zero-order valence-corrected chi connectivity index (χ0v) is 12.0. The maximum Gasteiger partial charge on any atom is 0.335 e. The third-order valence-corrected chi connectivity index (χ3v) is 5.00. The fraction of sp³-hybridized carbons (Fsp3) is 0.467. The van der Waals surface area contributed by atoms with Crippen molar-refractivity contribution in [1.82, 2.24) is 0 Å². The molecule has 0 aliphatic heterocycles. The van der Waals surface area contributed by atoms with Gasteiger partial charge in [0.25, 0.3) is 0 Å². The number of aromatic carboxylic acids is 1. The molecule has 1 aromatic rings. The molecule has 0 amide bonds. The van der Waals surface area contributed by atoms with Crippen LogP contribution in [0, 0.1) is 13.8 Å². The van der Waals surface area contributed by atoms with Crippen LogP contribution in [0.3, 0.4) is 0 Å². The molecule has 1 fully saturated rings. The van der Waals surface area contributed by atoms with Gasteiger partial charge >= 0.3 is 5.97 Å². The van der Waals surface area contributed by atoms with Crippen molar-refractivity contribution in [2.75, 3.05) is 0 Å². The van der Waals surface area contributed by atoms with Gasteiger partial charge in [0.05, 0.1) is 10.8 Å². The molecule has 1 unspecified atom stereocenters. The van der Waals surface area contributed by atoms with Crippen LogP contribution in [0.4, 0.5) is 0 Å². The number of carboxylic acids is 1. The first-order chi connectivity index (χ1) is 8.99. The van der Waals surface area contributed by atoms with Crippen LogP contribution in [0.2, 0.25) is 0 Å². The summed E-state index contributed by atoms with van der Waals surface area (Å²) in [6.45, 7) is 3.71. The van der Waals surface area contributed by atoms with E-state index in [-0.39, 0.29) is 5.25 Å². The lowest BCUT2D eigenvalue weighted by atomic mass is 9.99. The summed E-state index contributed by atoms with van der Waals surface area (Å²) < 4.78 is 0. The third kappa shape index (κ3) is 3.18. The summed E-state index contributed by atoms with van der Waals surface area (Å²) >= 11 is 1.59. The van der Waals surface area contributed by atoms with Crippen LogP contribution in [0.15, 0.2) is 17.0 Å². The van der Waals surface area contributed by atoms with Crippen LogP contribution >= 0.6 is 11.8 Å². The molecule has 0 saturated heterocycles. The van der Waals surface area contributed by atoms with Crippen LogP contribution in [-0.4, -0.2) is 22.1 Å². The predicted octanol–water partition coefficient (Wildman–Crippen LogP) is 3.61. The van der Waals surface area contributed by atoms with Crippen LogP contribution in [-0.2, 0) is 4.79 Å². The summed E-state index contributed by atoms with van der Waals surface area (Å²) in [5, 5.41) is 9.13. The molecular weight excluding hydrogens is 260 g/mol. The number of rotatable bonds is 3. The number of carbonyl (C=O) groups excluding carboxylic acids is 1. The lowest BCUT2D eigenvalue weighted by Gasteiger charge is -2.21. The molecule has 2 rings (SSSR count). The van der Waals surface area contributed by atoms with E-state index in [4.69, 9.17) is 5.11 Å². The number of benzene rings is 1. The highest BCUT2D eigenvalue weighted by molar-refractivity contribution is 8.00. The van der Waals surface area contributed by atoms with Crippen molar-refractivity contribution in [2.45, 2.75) is 49.7 Å². The van der Waals surface area contributed by atoms with Crippen LogP contribution < -0.4 is 0 Å². The Labute approximate surface area is 117 Å². The minimum Gasteiger partial charge on any atom is -0.478 e. The molecule has 102 valence electrons. The molecule has 0 spiro atoms. The maximum atomic E-state index is 11.9. The molecule has 0 bridgehead atoms. The topological polar surface area (TPSA) is 54.4 Å². The Kier molecular flexibility index (Phi) is 4.30. The van der Waals surface area contributed by atoms with E-state index in [9.17, 15) is 9.59 Å². The lowest BCUT2D eigenvalue weighted by molar-refractivity contribution is -0.119. The van der Waals surface area contributed by atoms with E-state index >= 15 is 0 Å². The van der Waals surface area contributed by atoms with E-state index in [2.05, 4.69) is 0 Å². The maximum absolute atomic E-state index is 11.9. The Morgan fingerprint density at radius 1 is 1.26 bits per heavy atom. The quantitative estimate of drug-likeness (QED) is 0.917. The Bertz CT molecular complexity index is 522. The zero-order chi connectivity index (χ0) is 14.0. The molecule has 1 atom stereocenters. The lowest BCUT2D eigenvalue weighted by Crippen LogP contribution is -2.21. The second-order valence-corrected chi connectivity index (χ2v) is 6.30. The highest BCUT2D eigenvalue weighted by atomic mass is 32.2. The van der Waals surface area contributed by atoms with E-state index in [0.29, 0.717) is 17.8 Å². The van der Waals surface area contributed by atoms with Crippen LogP contribution in [0.25, 0.3) is 0 Å². The van der Waals surface area contributed by atoms with Gasteiger partial charge in [-0.25, -0.2) is 4.79 Å². The first-order valence-corrected chi connectivity index (χ1v) is 7.41. The first kappa shape index (κ1) is 14.1. The van der Waals surface area contributed by atoms with Crippen molar-refractivity contribution in [3.8, 4) is 0 Å². The van der Waals surface area contributed by atoms with Gasteiger partial charge in [0.2, 0.25) is 0 Å². The predicted molar refractivity (Wildman–Crippen MR) is 76.0 cm³/mol. The summed E-state index contributed by atoms with van der Waals surface area (Å²) in [7, 11) is 0. The van der Waals surface area contributed by atoms with Crippen molar-refractivity contribution < 1.29 is 14.7 Å². The number of hydrogen-bond acceptors (Lipinski definition) is 3. The molecule has 0 heterocycles. The molecule has 3 nitrogen and oxygen atoms in total. The SMILES string of the molecule is Cc1cc(C(=O)O)c(C)cc1SC1CCCCC1=O. The van der Waals surface area contributed by atoms with E-state index in [1.165, 1.54) is 0 Å². The second kappa shape index (κ2) is 5.78. The summed E-state index contributed by atoms with van der Waals surface area (Å²) in [4.78, 5) is 24.0. The summed E-state index contributed by atoms with van der Waals surface area (Å²) in [5.74, 6) is -0.568. The molecule has 4 heteroatoms. The first-order valence-electron chi connectivity index (χ1n) is 6.53. The number of ketones is 1. The molecular formula is C15H18O3S. The summed E-state index contributed by atoms with van der Waals surface area (Å²) in [6.07, 6.45) is 3.73. The van der Waals surface area contributed by atoms with E-state index in [0.717, 1.165) is 35.3 Å². The molecule has 1 aliphatic rings. The van der Waals surface area contributed by atoms with Crippen molar-refractivity contribution in [1.29, 1.82) is 0 Å². The summed E-state index contributed by atoms with van der Waals surface area (Å²) in [5.41, 5.74) is 2.03. The Morgan fingerprint density at radius 2 is 2.00 bits per heavy atom. The third-order valence-electron chi connectivity index (χ3n) is 3.52. The van der Waals surface area contributed by atoms with Crippen molar-refractivity contribution in [2.24, 2.45) is 0 Å². The van der Waals surface area contributed by atoms with E-state index < -0.39 is 5.97 Å². The molecule has 19 heavy (non-hydrogen) atoms. The number of aryl methyl sites for hydroxylation is 2. The Balaban J connectivity index is 2.23. The Morgan fingerprint density at radius 3 is 2.63 bits per heavy atom. The number of hydrogen-bond donors (Lipinski definition) is 1. The average molecular weight is 278 g/mol. The number of Topliss-reactive ketones (excluding diaryl/α,β-unsaturated/α-hetero) is 1. The highest BCUT2D eigenvalue weighted by Crippen LogP contribution is 2.34. The van der Waals surface area contributed by atoms with E-state index in [1.807, 2.05) is 13.0 Å². The molecule has 0 aromatic heterocycles. The van der Waals surface area contributed by atoms with Crippen molar-refractivity contribution in [3.63, 3.8) is 0 Å². The van der Waals surface area contributed by atoms with Crippen LogP contribution in [0.1, 0.15) is 47.2 Å². The molecule has 0 radical (unpaired) electrons. The molecule has 1 N–H and O–H groups in total. The average Bonchev–Trinajstić information content (AvgIpc) is 2.35. The molecule has 1 saturated carbocycles. The highest BCUT2D eigenvalue weighted by Gasteiger charge is 2.24. The van der Waals surface area contributed by atoms with Crippen molar-refractivity contribution >= 4 is 23.5 Å². The van der Waals surface area contributed by atoms with Gasteiger partial charge in [-0.1, -0.05) is 6.42 Å². The van der Waals surface area contributed by atoms with Gasteiger partial charge in [-0.05, 0) is 49.9 Å². The number of thioether (sulfide) groups is 1. The largest absolute Gasteiger partial charge is 0.478 e. The molecule has 1 aliphatic carbocycles. The summed E-state index contributed by atoms with van der Waals surface area (Å²) in [6, 6.07) is 3.60. The minimum atomic E-state index is -0.897. The monoisotopic (exact) mass is 278 g/mol. The van der Waals surface area contributed by atoms with Gasteiger partial charge in [0.1, 0.15) is 5.78 Å². The zero-order valence-electron chi connectivity index (χ0n) is 11.2. The van der Waals surface area contributed by atoms with Gasteiger partial charge in [0.15, 0.2) is 0 Å². The minimum absolute atomic E-state index is 0.0440. The van der Waals surface area contributed by atoms with Crippen LogP contribution in [0.5, 0.6) is 0 Å². The number of carboxylic acid groups (broad SMARTS) is 1. The molecule has 1 aromatic carbocycles. The van der Waals surface area contributed by atoms with Gasteiger partial charge in [-0.2, -0.15) is 0 Å². The van der Waals surface area contributed by atoms with Crippen molar-refractivity contribution in [3.05, 3.63) is 28.8 Å². The standard InChI is InChI=1S/C15H18O3S/c1-9-8-14(10(2)7-11(9)15(17)18)19-13-6-4-3-5-12(13)16/h7-8,13H,3-6H2,1-2H3,(H,17,18). The number of carbonyl (C=O) groups is 2. The Hall–Kier alpha value is -1.29. The van der Waals surface area contributed by atoms with Gasteiger partial charge in [-0.15, -0.1) is 11.8 Å². The fourth-order valence-electron chi connectivity index (χ4n) is 2.38. The smallest absolute Gasteiger partial charge is 0.335 e. The van der Waals surface area contributed by atoms with Gasteiger partial charge in [-0.3, -0.25) is 4.79 Å². The van der Waals surface area contributed by atoms with Gasteiger partial charge in [0, 0.05) is 11.3 Å². The van der Waals surface area contributed by atoms with E-state index in [1.54, 1.807) is 24.8 Å². The second-order valence-electron chi connectivity index (χ2n) is 5.06. The fourth-order valence-corrected chi connectivity index (χ4v) is 3.71. The normalized spacial score (nSPS) is 19.5.